The number of aryl methyl sites for hydroxylation is 1. The van der Waals surface area contributed by atoms with Crippen LogP contribution in [0.25, 0.3) is 17.1 Å². The average molecular weight is 322 g/mol. The number of allylic oxidation sites excluding steroid dienone is 1. The molecule has 3 aromatic rings. The van der Waals surface area contributed by atoms with Crippen LogP contribution < -0.4 is 9.47 Å². The molecular formula is C19H18N2O3. The number of fused-ring (bicyclic) bond motifs is 1. The van der Waals surface area contributed by atoms with Crippen LogP contribution in [0.4, 0.5) is 0 Å². The van der Waals surface area contributed by atoms with Crippen LogP contribution in [-0.4, -0.2) is 29.7 Å². The molecule has 0 atom stereocenters. The fourth-order valence-electron chi connectivity index (χ4n) is 2.63. The molecule has 0 saturated carbocycles. The summed E-state index contributed by atoms with van der Waals surface area (Å²) in [5, 5.41) is 0. The van der Waals surface area contributed by atoms with Gasteiger partial charge in [-0.15, -0.1) is 0 Å². The molecule has 0 bridgehead atoms. The van der Waals surface area contributed by atoms with Crippen molar-refractivity contribution >= 4 is 23.0 Å². The first-order valence-corrected chi connectivity index (χ1v) is 7.52. The van der Waals surface area contributed by atoms with Gasteiger partial charge in [-0.3, -0.25) is 9.36 Å². The highest BCUT2D eigenvalue weighted by atomic mass is 16.5. The molecule has 0 aliphatic heterocycles. The lowest BCUT2D eigenvalue weighted by Gasteiger charge is -2.07. The third-order valence-corrected chi connectivity index (χ3v) is 3.79. The molecule has 0 amide bonds. The van der Waals surface area contributed by atoms with Crippen molar-refractivity contribution in [1.82, 2.24) is 9.55 Å². The van der Waals surface area contributed by atoms with Crippen LogP contribution >= 0.6 is 0 Å². The molecule has 0 spiro atoms. The van der Waals surface area contributed by atoms with Crippen LogP contribution in [0, 0.1) is 6.92 Å². The number of carbonyl (C=O) groups is 1. The monoisotopic (exact) mass is 322 g/mol. The summed E-state index contributed by atoms with van der Waals surface area (Å²) in [6.45, 7) is 1.82. The zero-order chi connectivity index (χ0) is 17.1. The molecule has 1 heterocycles. The van der Waals surface area contributed by atoms with Crippen LogP contribution in [0.5, 0.6) is 11.5 Å². The summed E-state index contributed by atoms with van der Waals surface area (Å²) in [5.41, 5.74) is 2.37. The first-order chi connectivity index (χ1) is 11.6. The molecular weight excluding hydrogens is 304 g/mol. The zero-order valence-corrected chi connectivity index (χ0v) is 13.8. The van der Waals surface area contributed by atoms with E-state index in [1.165, 1.54) is 6.08 Å². The molecule has 0 unspecified atom stereocenters. The number of hydrogen-bond acceptors (Lipinski definition) is 4. The van der Waals surface area contributed by atoms with Crippen molar-refractivity contribution in [2.24, 2.45) is 0 Å². The quantitative estimate of drug-likeness (QED) is 0.687. The Labute approximate surface area is 140 Å². The van der Waals surface area contributed by atoms with E-state index < -0.39 is 0 Å². The standard InChI is InChI=1S/C19H18N2O3/c1-13-20-16-6-4-5-7-17(16)21(13)19(22)11-8-14-12-15(23-2)9-10-18(14)24-3/h4-12H,1-3H3/b11-8+. The number of aromatic nitrogens is 2. The molecule has 122 valence electrons. The minimum Gasteiger partial charge on any atom is -0.497 e. The maximum atomic E-state index is 12.6. The average Bonchev–Trinajstić information content (AvgIpc) is 2.95. The summed E-state index contributed by atoms with van der Waals surface area (Å²) in [5.74, 6) is 1.87. The van der Waals surface area contributed by atoms with Crippen molar-refractivity contribution in [1.29, 1.82) is 0 Å². The van der Waals surface area contributed by atoms with Gasteiger partial charge in [-0.25, -0.2) is 4.98 Å². The molecule has 0 radical (unpaired) electrons. The first-order valence-electron chi connectivity index (χ1n) is 7.52. The molecule has 0 N–H and O–H groups in total. The van der Waals surface area contributed by atoms with Crippen LogP contribution in [-0.2, 0) is 0 Å². The highest BCUT2D eigenvalue weighted by molar-refractivity contribution is 6.00. The largest absolute Gasteiger partial charge is 0.497 e. The number of imidazole rings is 1. The van der Waals surface area contributed by atoms with Gasteiger partial charge in [-0.2, -0.15) is 0 Å². The second kappa shape index (κ2) is 6.58. The van der Waals surface area contributed by atoms with Gasteiger partial charge in [-0.05, 0) is 43.3 Å². The van der Waals surface area contributed by atoms with E-state index >= 15 is 0 Å². The molecule has 5 nitrogen and oxygen atoms in total. The van der Waals surface area contributed by atoms with Crippen LogP contribution in [0.3, 0.4) is 0 Å². The summed E-state index contributed by atoms with van der Waals surface area (Å²) < 4.78 is 12.1. The number of para-hydroxylation sites is 2. The van der Waals surface area contributed by atoms with Crippen molar-refractivity contribution < 1.29 is 14.3 Å². The summed E-state index contributed by atoms with van der Waals surface area (Å²) in [6.07, 6.45) is 3.23. The predicted molar refractivity (Wildman–Crippen MR) is 93.7 cm³/mol. The van der Waals surface area contributed by atoms with Crippen LogP contribution in [0.1, 0.15) is 16.2 Å². The predicted octanol–water partition coefficient (Wildman–Crippen LogP) is 3.72. The normalized spacial score (nSPS) is 11.1. The van der Waals surface area contributed by atoms with Crippen molar-refractivity contribution in [3.8, 4) is 11.5 Å². The van der Waals surface area contributed by atoms with E-state index in [4.69, 9.17) is 9.47 Å². The number of rotatable bonds is 4. The van der Waals surface area contributed by atoms with E-state index in [2.05, 4.69) is 4.98 Å². The summed E-state index contributed by atoms with van der Waals surface area (Å²) in [7, 11) is 3.19. The van der Waals surface area contributed by atoms with Crippen molar-refractivity contribution in [2.45, 2.75) is 6.92 Å². The Bertz CT molecular complexity index is 926. The Kier molecular flexibility index (Phi) is 4.33. The van der Waals surface area contributed by atoms with Crippen molar-refractivity contribution in [3.63, 3.8) is 0 Å². The van der Waals surface area contributed by atoms with Gasteiger partial charge in [-0.1, -0.05) is 12.1 Å². The highest BCUT2D eigenvalue weighted by Crippen LogP contribution is 2.25. The van der Waals surface area contributed by atoms with E-state index in [1.54, 1.807) is 30.9 Å². The number of carbonyl (C=O) groups excluding carboxylic acids is 1. The zero-order valence-electron chi connectivity index (χ0n) is 13.8. The van der Waals surface area contributed by atoms with Gasteiger partial charge in [0.05, 0.1) is 25.3 Å². The molecule has 24 heavy (non-hydrogen) atoms. The SMILES string of the molecule is COc1ccc(OC)c(/C=C/C(=O)n2c(C)nc3ccccc32)c1. The molecule has 2 aromatic carbocycles. The lowest BCUT2D eigenvalue weighted by molar-refractivity contribution is 0.0972. The molecule has 1 aromatic heterocycles. The maximum Gasteiger partial charge on any atom is 0.256 e. The summed E-state index contributed by atoms with van der Waals surface area (Å²) in [6, 6.07) is 13.0. The number of benzene rings is 2. The Morgan fingerprint density at radius 3 is 2.67 bits per heavy atom. The Morgan fingerprint density at radius 2 is 1.92 bits per heavy atom. The third kappa shape index (κ3) is 2.88. The minimum atomic E-state index is -0.161. The number of hydrogen-bond donors (Lipinski definition) is 0. The third-order valence-electron chi connectivity index (χ3n) is 3.79. The second-order valence-electron chi connectivity index (χ2n) is 5.26. The topological polar surface area (TPSA) is 53.4 Å². The van der Waals surface area contributed by atoms with E-state index in [-0.39, 0.29) is 5.91 Å². The summed E-state index contributed by atoms with van der Waals surface area (Å²) >= 11 is 0. The highest BCUT2D eigenvalue weighted by Gasteiger charge is 2.11. The fourth-order valence-corrected chi connectivity index (χ4v) is 2.63. The lowest BCUT2D eigenvalue weighted by Crippen LogP contribution is -2.09. The van der Waals surface area contributed by atoms with E-state index in [0.29, 0.717) is 17.3 Å². The van der Waals surface area contributed by atoms with Gasteiger partial charge in [0.25, 0.3) is 5.91 Å². The molecule has 3 rings (SSSR count). The number of methoxy groups -OCH3 is 2. The van der Waals surface area contributed by atoms with Crippen LogP contribution in [0.2, 0.25) is 0 Å². The van der Waals surface area contributed by atoms with Crippen molar-refractivity contribution in [2.75, 3.05) is 14.2 Å². The van der Waals surface area contributed by atoms with Gasteiger partial charge in [0.1, 0.15) is 17.3 Å². The first kappa shape index (κ1) is 15.8. The summed E-state index contributed by atoms with van der Waals surface area (Å²) in [4.78, 5) is 17.0. The van der Waals surface area contributed by atoms with E-state index in [0.717, 1.165) is 16.6 Å². The molecule has 0 fully saturated rings. The van der Waals surface area contributed by atoms with Crippen molar-refractivity contribution in [3.05, 3.63) is 59.9 Å². The lowest BCUT2D eigenvalue weighted by atomic mass is 10.1. The molecule has 0 aliphatic rings. The van der Waals surface area contributed by atoms with E-state index in [1.807, 2.05) is 43.3 Å². The molecule has 5 heteroatoms. The number of ether oxygens (including phenoxy) is 2. The number of nitrogens with zero attached hydrogens (tertiary/aromatic N) is 2. The Morgan fingerprint density at radius 1 is 1.12 bits per heavy atom. The molecule has 0 saturated heterocycles. The maximum absolute atomic E-state index is 12.6. The molecule has 0 aliphatic carbocycles. The second-order valence-corrected chi connectivity index (χ2v) is 5.26. The van der Waals surface area contributed by atoms with Crippen LogP contribution in [0.15, 0.2) is 48.5 Å². The minimum absolute atomic E-state index is 0.161. The van der Waals surface area contributed by atoms with Gasteiger partial charge in [0.15, 0.2) is 0 Å². The Hall–Kier alpha value is -3.08. The van der Waals surface area contributed by atoms with Gasteiger partial charge in [0.2, 0.25) is 0 Å². The smallest absolute Gasteiger partial charge is 0.256 e. The van der Waals surface area contributed by atoms with Gasteiger partial charge < -0.3 is 9.47 Å². The van der Waals surface area contributed by atoms with Gasteiger partial charge >= 0.3 is 0 Å². The Balaban J connectivity index is 1.97. The fraction of sp³-hybridized carbons (Fsp3) is 0.158. The van der Waals surface area contributed by atoms with Gasteiger partial charge in [0, 0.05) is 11.6 Å². The van der Waals surface area contributed by atoms with E-state index in [9.17, 15) is 4.79 Å².